The zero-order valence-electron chi connectivity index (χ0n) is 13.2. The molecule has 1 atom stereocenters. The Hall–Kier alpha value is -2.13. The molecule has 2 rings (SSSR count). The Bertz CT molecular complexity index is 593. The van der Waals surface area contributed by atoms with Gasteiger partial charge in [-0.2, -0.15) is 0 Å². The number of carbonyl (C=O) groups is 1. The van der Waals surface area contributed by atoms with Gasteiger partial charge in [-0.25, -0.2) is 4.79 Å². The van der Waals surface area contributed by atoms with Crippen LogP contribution in [0.5, 0.6) is 0 Å². The fraction of sp³-hybridized carbons (Fsp3) is 0.316. The largest absolute Gasteiger partial charge is 0.478 e. The summed E-state index contributed by atoms with van der Waals surface area (Å²) in [7, 11) is 2.13. The lowest BCUT2D eigenvalue weighted by atomic mass is 10.0. The molecule has 0 spiro atoms. The first-order valence-electron chi connectivity index (χ1n) is 7.66. The summed E-state index contributed by atoms with van der Waals surface area (Å²) >= 11 is 0. The van der Waals surface area contributed by atoms with Crippen molar-refractivity contribution < 1.29 is 9.90 Å². The van der Waals surface area contributed by atoms with Gasteiger partial charge in [0.2, 0.25) is 0 Å². The molecule has 0 aliphatic heterocycles. The van der Waals surface area contributed by atoms with Crippen LogP contribution in [-0.2, 0) is 13.0 Å². The molecular formula is C19H23NO2. The van der Waals surface area contributed by atoms with Gasteiger partial charge in [0.1, 0.15) is 0 Å². The van der Waals surface area contributed by atoms with Gasteiger partial charge in [-0.1, -0.05) is 49.4 Å². The highest BCUT2D eigenvalue weighted by atomic mass is 16.4. The van der Waals surface area contributed by atoms with Crippen molar-refractivity contribution >= 4 is 5.97 Å². The summed E-state index contributed by atoms with van der Waals surface area (Å²) in [6.07, 6.45) is 2.11. The number of carboxylic acid groups (broad SMARTS) is 1. The molecule has 0 saturated carbocycles. The second-order valence-electron chi connectivity index (χ2n) is 5.67. The number of nitrogens with zero attached hydrogens (tertiary/aromatic N) is 1. The molecule has 0 fully saturated rings. The molecule has 0 aliphatic carbocycles. The third-order valence-electron chi connectivity index (χ3n) is 4.04. The van der Waals surface area contributed by atoms with E-state index in [1.54, 1.807) is 12.1 Å². The first kappa shape index (κ1) is 16.2. The van der Waals surface area contributed by atoms with Crippen LogP contribution < -0.4 is 0 Å². The Labute approximate surface area is 132 Å². The SMILES string of the molecule is CCC(Cc1ccccc1)N(C)Cc1ccc(C(=O)O)cc1. The maximum atomic E-state index is 10.9. The molecule has 0 bridgehead atoms. The Morgan fingerprint density at radius 1 is 1.05 bits per heavy atom. The van der Waals surface area contributed by atoms with Crippen LogP contribution in [0.15, 0.2) is 54.6 Å². The van der Waals surface area contributed by atoms with Crippen molar-refractivity contribution in [3.05, 3.63) is 71.3 Å². The first-order chi connectivity index (χ1) is 10.6. The number of benzene rings is 2. The number of hydrogen-bond acceptors (Lipinski definition) is 2. The van der Waals surface area contributed by atoms with E-state index in [4.69, 9.17) is 5.11 Å². The molecule has 1 N–H and O–H groups in total. The Balaban J connectivity index is 1.99. The zero-order chi connectivity index (χ0) is 15.9. The summed E-state index contributed by atoms with van der Waals surface area (Å²) in [5, 5.41) is 8.94. The monoisotopic (exact) mass is 297 g/mol. The van der Waals surface area contributed by atoms with Crippen molar-refractivity contribution in [2.24, 2.45) is 0 Å². The second kappa shape index (κ2) is 7.76. The van der Waals surface area contributed by atoms with Crippen LogP contribution in [0.1, 0.15) is 34.8 Å². The highest BCUT2D eigenvalue weighted by Gasteiger charge is 2.14. The lowest BCUT2D eigenvalue weighted by molar-refractivity contribution is 0.0697. The predicted octanol–water partition coefficient (Wildman–Crippen LogP) is 3.84. The topological polar surface area (TPSA) is 40.5 Å². The van der Waals surface area contributed by atoms with Gasteiger partial charge < -0.3 is 5.11 Å². The first-order valence-corrected chi connectivity index (χ1v) is 7.66. The summed E-state index contributed by atoms with van der Waals surface area (Å²) in [4.78, 5) is 13.2. The molecule has 22 heavy (non-hydrogen) atoms. The summed E-state index contributed by atoms with van der Waals surface area (Å²) in [5.74, 6) is -0.879. The van der Waals surface area contributed by atoms with Crippen molar-refractivity contribution in [1.82, 2.24) is 4.90 Å². The highest BCUT2D eigenvalue weighted by Crippen LogP contribution is 2.14. The Kier molecular flexibility index (Phi) is 5.73. The maximum absolute atomic E-state index is 10.9. The molecular weight excluding hydrogens is 274 g/mol. The van der Waals surface area contributed by atoms with Gasteiger partial charge in [-0.15, -0.1) is 0 Å². The molecule has 0 radical (unpaired) electrons. The summed E-state index contributed by atoms with van der Waals surface area (Å²) in [5.41, 5.74) is 2.82. The van der Waals surface area contributed by atoms with E-state index in [1.165, 1.54) is 5.56 Å². The molecule has 0 amide bonds. The van der Waals surface area contributed by atoms with E-state index in [1.807, 2.05) is 18.2 Å². The third kappa shape index (κ3) is 4.43. The summed E-state index contributed by atoms with van der Waals surface area (Å²) < 4.78 is 0. The van der Waals surface area contributed by atoms with Crippen molar-refractivity contribution in [3.63, 3.8) is 0 Å². The molecule has 2 aromatic carbocycles. The minimum absolute atomic E-state index is 0.336. The van der Waals surface area contributed by atoms with Crippen molar-refractivity contribution in [1.29, 1.82) is 0 Å². The van der Waals surface area contributed by atoms with Gasteiger partial charge in [0.25, 0.3) is 0 Å². The van der Waals surface area contributed by atoms with E-state index >= 15 is 0 Å². The minimum Gasteiger partial charge on any atom is -0.478 e. The smallest absolute Gasteiger partial charge is 0.335 e. The van der Waals surface area contributed by atoms with E-state index in [-0.39, 0.29) is 0 Å². The lowest BCUT2D eigenvalue weighted by Gasteiger charge is -2.27. The number of aromatic carboxylic acids is 1. The molecule has 1 unspecified atom stereocenters. The molecule has 0 heterocycles. The van der Waals surface area contributed by atoms with Crippen LogP contribution in [0.25, 0.3) is 0 Å². The quantitative estimate of drug-likeness (QED) is 0.844. The number of likely N-dealkylation sites (N-methyl/N-ethyl adjacent to an activating group) is 1. The Morgan fingerprint density at radius 3 is 2.23 bits per heavy atom. The fourth-order valence-corrected chi connectivity index (χ4v) is 2.67. The van der Waals surface area contributed by atoms with Gasteiger partial charge in [0.05, 0.1) is 5.56 Å². The molecule has 116 valence electrons. The summed E-state index contributed by atoms with van der Waals surface area (Å²) in [6, 6.07) is 18.1. The van der Waals surface area contributed by atoms with Gasteiger partial charge >= 0.3 is 5.97 Å². The van der Waals surface area contributed by atoms with Crippen LogP contribution in [0.3, 0.4) is 0 Å². The van der Waals surface area contributed by atoms with Crippen LogP contribution in [-0.4, -0.2) is 29.1 Å². The van der Waals surface area contributed by atoms with Gasteiger partial charge in [-0.05, 0) is 43.1 Å². The van der Waals surface area contributed by atoms with E-state index in [2.05, 4.69) is 43.1 Å². The minimum atomic E-state index is -0.879. The molecule has 3 heteroatoms. The lowest BCUT2D eigenvalue weighted by Crippen LogP contribution is -2.32. The molecule has 0 aromatic heterocycles. The summed E-state index contributed by atoms with van der Waals surface area (Å²) in [6.45, 7) is 3.03. The van der Waals surface area contributed by atoms with E-state index in [0.717, 1.165) is 24.9 Å². The standard InChI is InChI=1S/C19H23NO2/c1-3-18(13-15-7-5-4-6-8-15)20(2)14-16-9-11-17(12-10-16)19(21)22/h4-12,18H,3,13-14H2,1-2H3,(H,21,22). The normalized spacial score (nSPS) is 12.3. The fourth-order valence-electron chi connectivity index (χ4n) is 2.67. The molecule has 3 nitrogen and oxygen atoms in total. The van der Waals surface area contributed by atoms with Crippen LogP contribution >= 0.6 is 0 Å². The van der Waals surface area contributed by atoms with E-state index in [0.29, 0.717) is 11.6 Å². The highest BCUT2D eigenvalue weighted by molar-refractivity contribution is 5.87. The van der Waals surface area contributed by atoms with Crippen molar-refractivity contribution in [3.8, 4) is 0 Å². The van der Waals surface area contributed by atoms with Crippen LogP contribution in [0, 0.1) is 0 Å². The average Bonchev–Trinajstić information content (AvgIpc) is 2.54. The van der Waals surface area contributed by atoms with Crippen LogP contribution in [0.2, 0.25) is 0 Å². The zero-order valence-corrected chi connectivity index (χ0v) is 13.2. The average molecular weight is 297 g/mol. The molecule has 2 aromatic rings. The number of carboxylic acids is 1. The van der Waals surface area contributed by atoms with Crippen molar-refractivity contribution in [2.75, 3.05) is 7.05 Å². The number of rotatable bonds is 7. The Morgan fingerprint density at radius 2 is 1.68 bits per heavy atom. The second-order valence-corrected chi connectivity index (χ2v) is 5.67. The van der Waals surface area contributed by atoms with Crippen LogP contribution in [0.4, 0.5) is 0 Å². The van der Waals surface area contributed by atoms with E-state index in [9.17, 15) is 4.79 Å². The third-order valence-corrected chi connectivity index (χ3v) is 4.04. The molecule has 0 saturated heterocycles. The number of hydrogen-bond donors (Lipinski definition) is 1. The maximum Gasteiger partial charge on any atom is 0.335 e. The van der Waals surface area contributed by atoms with Gasteiger partial charge in [0, 0.05) is 12.6 Å². The predicted molar refractivity (Wildman–Crippen MR) is 89.1 cm³/mol. The van der Waals surface area contributed by atoms with Crippen molar-refractivity contribution in [2.45, 2.75) is 32.4 Å². The van der Waals surface area contributed by atoms with Gasteiger partial charge in [-0.3, -0.25) is 4.90 Å². The molecule has 0 aliphatic rings. The van der Waals surface area contributed by atoms with E-state index < -0.39 is 5.97 Å². The van der Waals surface area contributed by atoms with Gasteiger partial charge in [0.15, 0.2) is 0 Å².